The molecule has 1 aliphatic heterocycles. The van der Waals surface area contributed by atoms with E-state index in [4.69, 9.17) is 0 Å². The molecule has 1 N–H and O–H groups in total. The number of rotatable bonds is 5. The van der Waals surface area contributed by atoms with Gasteiger partial charge in [-0.15, -0.1) is 0 Å². The minimum absolute atomic E-state index is 0.0940. The number of hydrogen-bond donors (Lipinski definition) is 1. The Bertz CT molecular complexity index is 1010. The molecule has 142 valence electrons. The van der Waals surface area contributed by atoms with Crippen molar-refractivity contribution < 1.29 is 9.59 Å². The van der Waals surface area contributed by atoms with Gasteiger partial charge in [0.05, 0.1) is 17.6 Å². The summed E-state index contributed by atoms with van der Waals surface area (Å²) in [5, 5.41) is 7.22. The summed E-state index contributed by atoms with van der Waals surface area (Å²) in [6, 6.07) is 15.6. The molecule has 6 heteroatoms. The van der Waals surface area contributed by atoms with Crippen LogP contribution in [0.1, 0.15) is 18.4 Å². The molecule has 3 aromatic rings. The first-order chi connectivity index (χ1) is 13.6. The van der Waals surface area contributed by atoms with Gasteiger partial charge in [-0.1, -0.05) is 42.0 Å². The molecule has 0 spiro atoms. The second-order valence-corrected chi connectivity index (χ2v) is 7.01. The lowest BCUT2D eigenvalue weighted by atomic mass is 10.1. The van der Waals surface area contributed by atoms with Gasteiger partial charge in [-0.2, -0.15) is 5.10 Å². The number of hydrogen-bond acceptors (Lipinski definition) is 3. The van der Waals surface area contributed by atoms with Crippen LogP contribution in [0.5, 0.6) is 0 Å². The lowest BCUT2D eigenvalue weighted by Crippen LogP contribution is -2.26. The molecular weight excluding hydrogens is 352 g/mol. The van der Waals surface area contributed by atoms with Gasteiger partial charge in [0, 0.05) is 24.7 Å². The van der Waals surface area contributed by atoms with E-state index in [-0.39, 0.29) is 18.4 Å². The predicted octanol–water partition coefficient (Wildman–Crippen LogP) is 3.62. The highest BCUT2D eigenvalue weighted by Gasteiger charge is 2.24. The van der Waals surface area contributed by atoms with Gasteiger partial charge in [-0.05, 0) is 31.0 Å². The Kier molecular flexibility index (Phi) is 4.93. The molecule has 1 saturated heterocycles. The largest absolute Gasteiger partial charge is 0.323 e. The van der Waals surface area contributed by atoms with Crippen LogP contribution in [0.15, 0.2) is 60.9 Å². The highest BCUT2D eigenvalue weighted by molar-refractivity contribution is 6.02. The lowest BCUT2D eigenvalue weighted by molar-refractivity contribution is -0.118. The molecule has 0 aliphatic carbocycles. The van der Waals surface area contributed by atoms with E-state index < -0.39 is 0 Å². The topological polar surface area (TPSA) is 67.2 Å². The maximum atomic E-state index is 12.5. The van der Waals surface area contributed by atoms with Gasteiger partial charge in [0.2, 0.25) is 11.8 Å². The molecule has 1 aliphatic rings. The van der Waals surface area contributed by atoms with E-state index in [1.807, 2.05) is 49.5 Å². The number of aryl methyl sites for hydroxylation is 1. The Balaban J connectivity index is 1.46. The van der Waals surface area contributed by atoms with Gasteiger partial charge < -0.3 is 10.2 Å². The first kappa shape index (κ1) is 18.0. The normalized spacial score (nSPS) is 13.8. The summed E-state index contributed by atoms with van der Waals surface area (Å²) in [5.74, 6) is -0.0887. The van der Waals surface area contributed by atoms with E-state index in [9.17, 15) is 9.59 Å². The molecule has 0 saturated carbocycles. The zero-order valence-corrected chi connectivity index (χ0v) is 15.8. The maximum Gasteiger partial charge on any atom is 0.246 e. The minimum atomic E-state index is -0.183. The fraction of sp³-hybridized carbons (Fsp3) is 0.227. The Morgan fingerprint density at radius 3 is 2.64 bits per heavy atom. The van der Waals surface area contributed by atoms with Gasteiger partial charge in [-0.3, -0.25) is 14.3 Å². The van der Waals surface area contributed by atoms with E-state index in [0.717, 1.165) is 23.2 Å². The first-order valence-corrected chi connectivity index (χ1v) is 9.39. The highest BCUT2D eigenvalue weighted by Crippen LogP contribution is 2.29. The number of anilines is 2. The second-order valence-electron chi connectivity index (χ2n) is 7.01. The summed E-state index contributed by atoms with van der Waals surface area (Å²) >= 11 is 0. The first-order valence-electron chi connectivity index (χ1n) is 9.39. The average molecular weight is 374 g/mol. The summed E-state index contributed by atoms with van der Waals surface area (Å²) in [6.07, 6.45) is 5.02. The van der Waals surface area contributed by atoms with Crippen molar-refractivity contribution in [2.75, 3.05) is 16.8 Å². The summed E-state index contributed by atoms with van der Waals surface area (Å²) in [7, 11) is 0. The fourth-order valence-electron chi connectivity index (χ4n) is 3.40. The summed E-state index contributed by atoms with van der Waals surface area (Å²) in [6.45, 7) is 2.84. The average Bonchev–Trinajstić information content (AvgIpc) is 3.32. The van der Waals surface area contributed by atoms with Crippen molar-refractivity contribution in [3.63, 3.8) is 0 Å². The minimum Gasteiger partial charge on any atom is -0.323 e. The molecule has 0 unspecified atom stereocenters. The smallest absolute Gasteiger partial charge is 0.246 e. The predicted molar refractivity (Wildman–Crippen MR) is 109 cm³/mol. The van der Waals surface area contributed by atoms with Crippen molar-refractivity contribution in [1.29, 1.82) is 0 Å². The van der Waals surface area contributed by atoms with Crippen LogP contribution in [0, 0.1) is 6.92 Å². The van der Waals surface area contributed by atoms with Crippen LogP contribution >= 0.6 is 0 Å². The van der Waals surface area contributed by atoms with Crippen LogP contribution < -0.4 is 10.2 Å². The molecule has 1 aromatic heterocycles. The molecule has 1 fully saturated rings. The van der Waals surface area contributed by atoms with Gasteiger partial charge in [0.1, 0.15) is 6.54 Å². The lowest BCUT2D eigenvalue weighted by Gasteiger charge is -2.19. The van der Waals surface area contributed by atoms with E-state index in [2.05, 4.69) is 22.5 Å². The summed E-state index contributed by atoms with van der Waals surface area (Å²) < 4.78 is 1.62. The second kappa shape index (κ2) is 7.68. The number of para-hydroxylation sites is 2. The van der Waals surface area contributed by atoms with E-state index in [0.29, 0.717) is 18.7 Å². The molecule has 6 nitrogen and oxygen atoms in total. The van der Waals surface area contributed by atoms with E-state index in [1.54, 1.807) is 15.8 Å². The maximum absolute atomic E-state index is 12.5. The summed E-state index contributed by atoms with van der Waals surface area (Å²) in [4.78, 5) is 26.3. The SMILES string of the molecule is Cc1ccc(-c2cnn(CC(=O)Nc3ccccc3N3CCCC3=O)c2)cc1. The Morgan fingerprint density at radius 2 is 1.89 bits per heavy atom. The van der Waals surface area contributed by atoms with Crippen LogP contribution in [-0.2, 0) is 16.1 Å². The number of aromatic nitrogens is 2. The van der Waals surface area contributed by atoms with Gasteiger partial charge in [0.15, 0.2) is 0 Å². The van der Waals surface area contributed by atoms with Gasteiger partial charge >= 0.3 is 0 Å². The third kappa shape index (κ3) is 3.81. The Hall–Kier alpha value is -3.41. The Labute approximate surface area is 163 Å². The van der Waals surface area contributed by atoms with Crippen LogP contribution in [0.4, 0.5) is 11.4 Å². The number of benzene rings is 2. The van der Waals surface area contributed by atoms with Gasteiger partial charge in [-0.25, -0.2) is 0 Å². The van der Waals surface area contributed by atoms with E-state index >= 15 is 0 Å². The molecule has 0 bridgehead atoms. The zero-order chi connectivity index (χ0) is 19.5. The van der Waals surface area contributed by atoms with Crippen molar-refractivity contribution >= 4 is 23.2 Å². The fourth-order valence-corrected chi connectivity index (χ4v) is 3.40. The van der Waals surface area contributed by atoms with E-state index in [1.165, 1.54) is 5.56 Å². The van der Waals surface area contributed by atoms with Crippen LogP contribution in [0.2, 0.25) is 0 Å². The van der Waals surface area contributed by atoms with Crippen LogP contribution in [-0.4, -0.2) is 28.1 Å². The number of carbonyl (C=O) groups excluding carboxylic acids is 2. The van der Waals surface area contributed by atoms with Crippen molar-refractivity contribution in [2.24, 2.45) is 0 Å². The number of carbonyl (C=O) groups is 2. The molecule has 28 heavy (non-hydrogen) atoms. The van der Waals surface area contributed by atoms with Crippen molar-refractivity contribution in [3.05, 3.63) is 66.5 Å². The standard InChI is InChI=1S/C22H22N4O2/c1-16-8-10-17(11-9-16)18-13-23-25(14-18)15-21(27)24-19-5-2-3-6-20(19)26-12-4-7-22(26)28/h2-3,5-6,8-11,13-14H,4,7,12,15H2,1H3,(H,24,27). The zero-order valence-electron chi connectivity index (χ0n) is 15.8. The van der Waals surface area contributed by atoms with Crippen molar-refractivity contribution in [3.8, 4) is 11.1 Å². The molecule has 0 atom stereocenters. The van der Waals surface area contributed by atoms with Crippen molar-refractivity contribution in [1.82, 2.24) is 9.78 Å². The van der Waals surface area contributed by atoms with Crippen LogP contribution in [0.3, 0.4) is 0 Å². The number of nitrogens with one attached hydrogen (secondary N) is 1. The molecule has 2 heterocycles. The molecular formula is C22H22N4O2. The summed E-state index contributed by atoms with van der Waals surface area (Å²) in [5.41, 5.74) is 4.63. The molecule has 4 rings (SSSR count). The molecule has 2 amide bonds. The quantitative estimate of drug-likeness (QED) is 0.742. The highest BCUT2D eigenvalue weighted by atomic mass is 16.2. The third-order valence-electron chi connectivity index (χ3n) is 4.87. The van der Waals surface area contributed by atoms with Crippen molar-refractivity contribution in [2.45, 2.75) is 26.3 Å². The van der Waals surface area contributed by atoms with Gasteiger partial charge in [0.25, 0.3) is 0 Å². The third-order valence-corrected chi connectivity index (χ3v) is 4.87. The van der Waals surface area contributed by atoms with Crippen LogP contribution in [0.25, 0.3) is 11.1 Å². The molecule has 2 aromatic carbocycles. The number of nitrogens with zero attached hydrogens (tertiary/aromatic N) is 3. The Morgan fingerprint density at radius 1 is 1.11 bits per heavy atom. The monoisotopic (exact) mass is 374 g/mol. The number of amides is 2. The molecule has 0 radical (unpaired) electrons.